The zero-order chi connectivity index (χ0) is 17.5. The van der Waals surface area contributed by atoms with Crippen molar-refractivity contribution in [1.29, 1.82) is 0 Å². The monoisotopic (exact) mass is 338 g/mol. The summed E-state index contributed by atoms with van der Waals surface area (Å²) in [6.45, 7) is 5.09. The molecule has 1 N–H and O–H groups in total. The number of rotatable bonds is 8. The van der Waals surface area contributed by atoms with Gasteiger partial charge in [-0.15, -0.1) is 10.2 Å². The molecule has 6 nitrogen and oxygen atoms in total. The molecule has 3 aromatic rings. The van der Waals surface area contributed by atoms with Crippen molar-refractivity contribution in [1.82, 2.24) is 15.2 Å². The molecule has 1 aromatic carbocycles. The quantitative estimate of drug-likeness (QED) is 0.668. The maximum absolute atomic E-state index is 5.67. The van der Waals surface area contributed by atoms with Crippen LogP contribution in [-0.4, -0.2) is 15.2 Å². The van der Waals surface area contributed by atoms with Gasteiger partial charge in [0.1, 0.15) is 12.4 Å². The van der Waals surface area contributed by atoms with Crippen LogP contribution >= 0.6 is 0 Å². The van der Waals surface area contributed by atoms with E-state index in [9.17, 15) is 0 Å². The van der Waals surface area contributed by atoms with E-state index in [1.165, 1.54) is 0 Å². The molecule has 0 unspecified atom stereocenters. The number of aryl methyl sites for hydroxylation is 2. The molecule has 6 heteroatoms. The van der Waals surface area contributed by atoms with E-state index in [0.29, 0.717) is 19.2 Å². The Balaban J connectivity index is 1.63. The first-order valence-electron chi connectivity index (χ1n) is 8.47. The molecule has 25 heavy (non-hydrogen) atoms. The number of anilines is 2. The number of nitrogens with zero attached hydrogens (tertiary/aromatic N) is 3. The maximum Gasteiger partial charge on any atom is 0.247 e. The van der Waals surface area contributed by atoms with Crippen molar-refractivity contribution in [3.8, 4) is 0 Å². The fourth-order valence-corrected chi connectivity index (χ4v) is 2.52. The molecular weight excluding hydrogens is 316 g/mol. The Kier molecular flexibility index (Phi) is 5.74. The first-order valence-corrected chi connectivity index (χ1v) is 8.47. The van der Waals surface area contributed by atoms with Crippen LogP contribution in [0.15, 0.2) is 47.1 Å². The summed E-state index contributed by atoms with van der Waals surface area (Å²) in [7, 11) is 0. The van der Waals surface area contributed by atoms with Crippen LogP contribution in [0.4, 0.5) is 11.6 Å². The minimum absolute atomic E-state index is 0.454. The predicted molar refractivity (Wildman–Crippen MR) is 95.5 cm³/mol. The minimum Gasteiger partial charge on any atom is -0.467 e. The van der Waals surface area contributed by atoms with Gasteiger partial charge in [-0.25, -0.2) is 4.98 Å². The molecule has 2 heterocycles. The minimum atomic E-state index is 0.454. The Morgan fingerprint density at radius 2 is 1.88 bits per heavy atom. The van der Waals surface area contributed by atoms with Crippen molar-refractivity contribution in [2.24, 2.45) is 0 Å². The van der Waals surface area contributed by atoms with Gasteiger partial charge in [-0.1, -0.05) is 26.0 Å². The molecule has 0 atom stereocenters. The van der Waals surface area contributed by atoms with Gasteiger partial charge in [0.15, 0.2) is 0 Å². The van der Waals surface area contributed by atoms with E-state index < -0.39 is 0 Å². The normalized spacial score (nSPS) is 10.8. The SMILES string of the molecule is CCc1nnc(Nc2cccc(COCc3ccco3)c2)nc1CC. The first kappa shape index (κ1) is 17.1. The molecule has 0 spiro atoms. The lowest BCUT2D eigenvalue weighted by atomic mass is 10.2. The Morgan fingerprint density at radius 3 is 2.64 bits per heavy atom. The fraction of sp³-hybridized carbons (Fsp3) is 0.316. The lowest BCUT2D eigenvalue weighted by Crippen LogP contribution is -2.06. The van der Waals surface area contributed by atoms with Crippen molar-refractivity contribution < 1.29 is 9.15 Å². The summed E-state index contributed by atoms with van der Waals surface area (Å²) in [6, 6.07) is 11.7. The zero-order valence-corrected chi connectivity index (χ0v) is 14.5. The third kappa shape index (κ3) is 4.64. The molecule has 2 aromatic heterocycles. The van der Waals surface area contributed by atoms with E-state index in [-0.39, 0.29) is 0 Å². The van der Waals surface area contributed by atoms with Crippen molar-refractivity contribution in [2.45, 2.75) is 39.9 Å². The van der Waals surface area contributed by atoms with E-state index in [4.69, 9.17) is 9.15 Å². The first-order chi connectivity index (χ1) is 12.3. The molecule has 0 amide bonds. The highest BCUT2D eigenvalue weighted by molar-refractivity contribution is 5.54. The zero-order valence-electron chi connectivity index (χ0n) is 14.5. The van der Waals surface area contributed by atoms with Crippen LogP contribution in [0.5, 0.6) is 0 Å². The Bertz CT molecular complexity index is 803. The average molecular weight is 338 g/mol. The summed E-state index contributed by atoms with van der Waals surface area (Å²) in [5.41, 5.74) is 3.91. The fourth-order valence-electron chi connectivity index (χ4n) is 2.52. The van der Waals surface area contributed by atoms with Crippen molar-refractivity contribution in [3.63, 3.8) is 0 Å². The number of hydrogen-bond acceptors (Lipinski definition) is 6. The molecule has 0 fully saturated rings. The summed E-state index contributed by atoms with van der Waals surface area (Å²) >= 11 is 0. The number of aromatic nitrogens is 3. The van der Waals surface area contributed by atoms with Gasteiger partial charge < -0.3 is 14.5 Å². The number of nitrogens with one attached hydrogen (secondary N) is 1. The number of benzene rings is 1. The molecule has 0 saturated carbocycles. The summed E-state index contributed by atoms with van der Waals surface area (Å²) in [6.07, 6.45) is 3.33. The molecule has 0 aliphatic carbocycles. The molecule has 3 rings (SSSR count). The topological polar surface area (TPSA) is 73.1 Å². The van der Waals surface area contributed by atoms with Crippen LogP contribution in [-0.2, 0) is 30.8 Å². The predicted octanol–water partition coefficient (Wildman–Crippen LogP) is 4.05. The smallest absolute Gasteiger partial charge is 0.247 e. The standard InChI is InChI=1S/C19H22N4O2/c1-3-17-18(4-2)22-23-19(21-17)20-15-8-5-7-14(11-15)12-24-13-16-9-6-10-25-16/h5-11H,3-4,12-13H2,1-2H3,(H,20,21,23). The molecule has 0 bridgehead atoms. The third-order valence-corrected chi connectivity index (χ3v) is 3.79. The van der Waals surface area contributed by atoms with Gasteiger partial charge in [0.2, 0.25) is 5.95 Å². The Labute approximate surface area is 147 Å². The van der Waals surface area contributed by atoms with Crippen molar-refractivity contribution >= 4 is 11.6 Å². The summed E-state index contributed by atoms with van der Waals surface area (Å²) < 4.78 is 10.9. The van der Waals surface area contributed by atoms with E-state index in [2.05, 4.69) is 34.3 Å². The lowest BCUT2D eigenvalue weighted by Gasteiger charge is -2.09. The van der Waals surface area contributed by atoms with Crippen molar-refractivity contribution in [3.05, 3.63) is 65.4 Å². The number of hydrogen-bond donors (Lipinski definition) is 1. The molecule has 0 aliphatic heterocycles. The maximum atomic E-state index is 5.67. The van der Waals surface area contributed by atoms with Gasteiger partial charge in [-0.3, -0.25) is 0 Å². The van der Waals surface area contributed by atoms with Gasteiger partial charge in [-0.05, 0) is 42.7 Å². The van der Waals surface area contributed by atoms with Crippen LogP contribution in [0.25, 0.3) is 0 Å². The van der Waals surface area contributed by atoms with E-state index in [1.54, 1.807) is 6.26 Å². The highest BCUT2D eigenvalue weighted by atomic mass is 16.5. The lowest BCUT2D eigenvalue weighted by molar-refractivity contribution is 0.0930. The second-order valence-electron chi connectivity index (χ2n) is 5.63. The van der Waals surface area contributed by atoms with Crippen LogP contribution in [0.1, 0.15) is 36.6 Å². The van der Waals surface area contributed by atoms with Crippen LogP contribution < -0.4 is 5.32 Å². The van der Waals surface area contributed by atoms with E-state index in [1.807, 2.05) is 36.4 Å². The number of ether oxygens (including phenoxy) is 1. The van der Waals surface area contributed by atoms with Gasteiger partial charge in [0.25, 0.3) is 0 Å². The summed E-state index contributed by atoms with van der Waals surface area (Å²) in [5.74, 6) is 1.33. The molecule has 0 radical (unpaired) electrons. The second-order valence-corrected chi connectivity index (χ2v) is 5.63. The van der Waals surface area contributed by atoms with E-state index in [0.717, 1.165) is 41.2 Å². The van der Waals surface area contributed by atoms with Gasteiger partial charge in [-0.2, -0.15) is 0 Å². The number of furan rings is 1. The van der Waals surface area contributed by atoms with Crippen LogP contribution in [0.2, 0.25) is 0 Å². The Hall–Kier alpha value is -2.73. The largest absolute Gasteiger partial charge is 0.467 e. The van der Waals surface area contributed by atoms with Crippen LogP contribution in [0.3, 0.4) is 0 Å². The Morgan fingerprint density at radius 1 is 1.00 bits per heavy atom. The summed E-state index contributed by atoms with van der Waals surface area (Å²) in [5, 5.41) is 11.6. The second kappa shape index (κ2) is 8.39. The van der Waals surface area contributed by atoms with Gasteiger partial charge >= 0.3 is 0 Å². The highest BCUT2D eigenvalue weighted by Crippen LogP contribution is 2.17. The molecule has 0 aliphatic rings. The van der Waals surface area contributed by atoms with Crippen LogP contribution in [0, 0.1) is 0 Å². The molecule has 0 saturated heterocycles. The summed E-state index contributed by atoms with van der Waals surface area (Å²) in [4.78, 5) is 4.55. The highest BCUT2D eigenvalue weighted by Gasteiger charge is 2.07. The van der Waals surface area contributed by atoms with Gasteiger partial charge in [0, 0.05) is 5.69 Å². The van der Waals surface area contributed by atoms with Gasteiger partial charge in [0.05, 0.1) is 24.3 Å². The van der Waals surface area contributed by atoms with Crippen molar-refractivity contribution in [2.75, 3.05) is 5.32 Å². The average Bonchev–Trinajstić information content (AvgIpc) is 3.15. The molecule has 130 valence electrons. The molecular formula is C19H22N4O2. The third-order valence-electron chi connectivity index (χ3n) is 3.79. The van der Waals surface area contributed by atoms with E-state index >= 15 is 0 Å².